The molecule has 0 unspecified atom stereocenters. The van der Waals surface area contributed by atoms with E-state index in [9.17, 15) is 0 Å². The van der Waals surface area contributed by atoms with E-state index in [-0.39, 0.29) is 0 Å². The van der Waals surface area contributed by atoms with E-state index in [0.717, 1.165) is 0 Å². The summed E-state index contributed by atoms with van der Waals surface area (Å²) < 4.78 is 0. The predicted molar refractivity (Wildman–Crippen MR) is 60.0 cm³/mol. The maximum absolute atomic E-state index is 2.20. The van der Waals surface area contributed by atoms with E-state index < -0.39 is 0 Å². The molecule has 2 rings (SSSR count). The van der Waals surface area contributed by atoms with Gasteiger partial charge >= 0.3 is 0 Å². The second kappa shape index (κ2) is 4.66. The molecule has 0 radical (unpaired) electrons. The van der Waals surface area contributed by atoms with Crippen LogP contribution in [0.15, 0.2) is 42.5 Å². The highest BCUT2D eigenvalue weighted by Crippen LogP contribution is 2.14. The summed E-state index contributed by atoms with van der Waals surface area (Å²) in [5.74, 6) is 0. The van der Waals surface area contributed by atoms with Gasteiger partial charge in [0.2, 0.25) is 0 Å². The molecule has 0 heterocycles. The average Bonchev–Trinajstić information content (AvgIpc) is 2.21. The van der Waals surface area contributed by atoms with Crippen LogP contribution in [0.3, 0.4) is 0 Å². The first kappa shape index (κ1) is 9.79. The van der Waals surface area contributed by atoms with Gasteiger partial charge in [0, 0.05) is 0 Å². The lowest BCUT2D eigenvalue weighted by Crippen LogP contribution is -1.73. The Morgan fingerprint density at radius 2 is 1.38 bits per heavy atom. The number of benzene rings is 2. The van der Waals surface area contributed by atoms with Gasteiger partial charge in [-0.3, -0.25) is 0 Å². The van der Waals surface area contributed by atoms with E-state index in [1.807, 2.05) is 13.8 Å². The highest BCUT2D eigenvalue weighted by molar-refractivity contribution is 5.82. The highest BCUT2D eigenvalue weighted by atomic mass is 13.9. The monoisotopic (exact) mass is 172 g/mol. The fourth-order valence-corrected chi connectivity index (χ4v) is 1.31. The minimum Gasteiger partial charge on any atom is -0.0683 e. The summed E-state index contributed by atoms with van der Waals surface area (Å²) in [5, 5.41) is 2.64. The maximum atomic E-state index is 2.20. The minimum absolute atomic E-state index is 1.32. The van der Waals surface area contributed by atoms with Gasteiger partial charge in [-0.05, 0) is 17.7 Å². The van der Waals surface area contributed by atoms with Crippen molar-refractivity contribution in [1.82, 2.24) is 0 Å². The molecule has 0 aliphatic carbocycles. The third-order valence-electron chi connectivity index (χ3n) is 1.90. The van der Waals surface area contributed by atoms with Crippen LogP contribution in [0.2, 0.25) is 0 Å². The fourth-order valence-electron chi connectivity index (χ4n) is 1.31. The summed E-state index contributed by atoms with van der Waals surface area (Å²) in [4.78, 5) is 0. The molecule has 0 amide bonds. The summed E-state index contributed by atoms with van der Waals surface area (Å²) in [6.45, 7) is 6.12. The highest BCUT2D eigenvalue weighted by Gasteiger charge is 1.89. The molecule has 0 spiro atoms. The van der Waals surface area contributed by atoms with Gasteiger partial charge in [-0.15, -0.1) is 0 Å². The van der Waals surface area contributed by atoms with Crippen LogP contribution in [0, 0.1) is 6.92 Å². The van der Waals surface area contributed by atoms with Crippen LogP contribution in [0.1, 0.15) is 19.4 Å². The van der Waals surface area contributed by atoms with Gasteiger partial charge in [-0.1, -0.05) is 61.9 Å². The first-order chi connectivity index (χ1) is 6.36. The molecule has 0 aromatic heterocycles. The molecular formula is C13H16. The quantitative estimate of drug-likeness (QED) is 0.559. The van der Waals surface area contributed by atoms with Crippen molar-refractivity contribution in [3.8, 4) is 0 Å². The van der Waals surface area contributed by atoms with Crippen molar-refractivity contribution in [3.05, 3.63) is 48.0 Å². The standard InChI is InChI=1S/C11H10.C2H6/c1-9-6-7-10-4-2-3-5-11(10)8-9;1-2/h2-8H,1H3;1-2H3. The molecule has 0 heteroatoms. The van der Waals surface area contributed by atoms with Crippen LogP contribution in [0.25, 0.3) is 10.8 Å². The molecule has 0 saturated heterocycles. The Balaban J connectivity index is 0.000000396. The molecule has 0 N–H and O–H groups in total. The first-order valence-electron chi connectivity index (χ1n) is 4.82. The zero-order valence-corrected chi connectivity index (χ0v) is 8.54. The van der Waals surface area contributed by atoms with Crippen LogP contribution < -0.4 is 0 Å². The van der Waals surface area contributed by atoms with E-state index in [2.05, 4.69) is 49.4 Å². The van der Waals surface area contributed by atoms with Gasteiger partial charge in [-0.2, -0.15) is 0 Å². The minimum atomic E-state index is 1.32. The van der Waals surface area contributed by atoms with Crippen molar-refractivity contribution in [2.24, 2.45) is 0 Å². The van der Waals surface area contributed by atoms with E-state index in [4.69, 9.17) is 0 Å². The Morgan fingerprint density at radius 3 is 2.08 bits per heavy atom. The Morgan fingerprint density at radius 1 is 0.769 bits per heavy atom. The third-order valence-corrected chi connectivity index (χ3v) is 1.90. The predicted octanol–water partition coefficient (Wildman–Crippen LogP) is 4.17. The van der Waals surface area contributed by atoms with Gasteiger partial charge < -0.3 is 0 Å². The largest absolute Gasteiger partial charge is 0.0683 e. The average molecular weight is 172 g/mol. The first-order valence-corrected chi connectivity index (χ1v) is 4.82. The molecule has 2 aromatic rings. The lowest BCUT2D eigenvalue weighted by molar-refractivity contribution is 1.50. The topological polar surface area (TPSA) is 0 Å². The third kappa shape index (κ3) is 2.32. The molecule has 0 aliphatic rings. The van der Waals surface area contributed by atoms with Gasteiger partial charge in [0.15, 0.2) is 0 Å². The van der Waals surface area contributed by atoms with Crippen molar-refractivity contribution in [2.75, 3.05) is 0 Å². The van der Waals surface area contributed by atoms with E-state index in [0.29, 0.717) is 0 Å². The zero-order valence-electron chi connectivity index (χ0n) is 8.54. The van der Waals surface area contributed by atoms with Crippen LogP contribution in [-0.4, -0.2) is 0 Å². The molecule has 0 bridgehead atoms. The molecule has 0 saturated carbocycles. The van der Waals surface area contributed by atoms with E-state index in [1.54, 1.807) is 0 Å². The Bertz CT molecular complexity index is 374. The van der Waals surface area contributed by atoms with Gasteiger partial charge in [0.1, 0.15) is 0 Å². The van der Waals surface area contributed by atoms with Gasteiger partial charge in [-0.25, -0.2) is 0 Å². The molecule has 2 aromatic carbocycles. The second-order valence-corrected chi connectivity index (χ2v) is 2.85. The SMILES string of the molecule is CC.Cc1ccc2ccccc2c1. The summed E-state index contributed by atoms with van der Waals surface area (Å²) in [5.41, 5.74) is 1.32. The normalized spacial score (nSPS) is 9.15. The van der Waals surface area contributed by atoms with Crippen molar-refractivity contribution in [2.45, 2.75) is 20.8 Å². The molecule has 68 valence electrons. The zero-order chi connectivity index (χ0) is 9.68. The van der Waals surface area contributed by atoms with E-state index in [1.165, 1.54) is 16.3 Å². The number of aryl methyl sites for hydroxylation is 1. The molecule has 0 fully saturated rings. The second-order valence-electron chi connectivity index (χ2n) is 2.85. The Kier molecular flexibility index (Phi) is 3.51. The number of hydrogen-bond acceptors (Lipinski definition) is 0. The van der Waals surface area contributed by atoms with Crippen molar-refractivity contribution in [3.63, 3.8) is 0 Å². The van der Waals surface area contributed by atoms with Crippen molar-refractivity contribution >= 4 is 10.8 Å². The molecule has 0 atom stereocenters. The van der Waals surface area contributed by atoms with Crippen LogP contribution in [0.4, 0.5) is 0 Å². The van der Waals surface area contributed by atoms with Gasteiger partial charge in [0.25, 0.3) is 0 Å². The van der Waals surface area contributed by atoms with Crippen LogP contribution >= 0.6 is 0 Å². The molecular weight excluding hydrogens is 156 g/mol. The maximum Gasteiger partial charge on any atom is -0.0181 e. The molecule has 0 nitrogen and oxygen atoms in total. The smallest absolute Gasteiger partial charge is 0.0181 e. The number of hydrogen-bond donors (Lipinski definition) is 0. The number of fused-ring (bicyclic) bond motifs is 1. The van der Waals surface area contributed by atoms with E-state index >= 15 is 0 Å². The Labute approximate surface area is 80.2 Å². The lowest BCUT2D eigenvalue weighted by Gasteiger charge is -1.96. The lowest BCUT2D eigenvalue weighted by atomic mass is 10.1. The summed E-state index contributed by atoms with van der Waals surface area (Å²) in [7, 11) is 0. The Hall–Kier alpha value is -1.30. The summed E-state index contributed by atoms with van der Waals surface area (Å²) >= 11 is 0. The van der Waals surface area contributed by atoms with Crippen LogP contribution in [-0.2, 0) is 0 Å². The van der Waals surface area contributed by atoms with Crippen molar-refractivity contribution < 1.29 is 0 Å². The fraction of sp³-hybridized carbons (Fsp3) is 0.231. The molecule has 13 heavy (non-hydrogen) atoms. The summed E-state index contributed by atoms with van der Waals surface area (Å²) in [6, 6.07) is 14.9. The van der Waals surface area contributed by atoms with Crippen molar-refractivity contribution in [1.29, 1.82) is 0 Å². The van der Waals surface area contributed by atoms with Crippen LogP contribution in [0.5, 0.6) is 0 Å². The number of rotatable bonds is 0. The molecule has 0 aliphatic heterocycles. The van der Waals surface area contributed by atoms with Gasteiger partial charge in [0.05, 0.1) is 0 Å². The summed E-state index contributed by atoms with van der Waals surface area (Å²) in [6.07, 6.45) is 0.